The molecule has 116 valence electrons. The number of carbonyl (C=O) groups is 1. The minimum atomic E-state index is -1.18. The summed E-state index contributed by atoms with van der Waals surface area (Å²) in [4.78, 5) is 12.0. The van der Waals surface area contributed by atoms with Gasteiger partial charge in [-0.15, -0.1) is 0 Å². The van der Waals surface area contributed by atoms with E-state index in [1.54, 1.807) is 48.5 Å². The Labute approximate surface area is 130 Å². The monoisotopic (exact) mass is 299 g/mol. The van der Waals surface area contributed by atoms with E-state index in [1.165, 1.54) is 0 Å². The topological polar surface area (TPSA) is 58.6 Å². The number of ether oxygens (including phenoxy) is 1. The zero-order chi connectivity index (χ0) is 15.9. The number of aliphatic hydroxyl groups excluding tert-OH is 1. The number of benzene rings is 2. The number of amides is 1. The molecule has 2 N–H and O–H groups in total. The molecule has 0 bridgehead atoms. The standard InChI is InChI=1S/C18H21NO3/c1-3-13(2)22-16-11-9-15(10-12-16)19-18(21)17(20)14-7-5-4-6-8-14/h4-13,17,20H,3H2,1-2H3,(H,19,21). The summed E-state index contributed by atoms with van der Waals surface area (Å²) >= 11 is 0. The summed E-state index contributed by atoms with van der Waals surface area (Å²) in [6.07, 6.45) is -0.0977. The zero-order valence-electron chi connectivity index (χ0n) is 12.8. The van der Waals surface area contributed by atoms with Crippen LogP contribution >= 0.6 is 0 Å². The van der Waals surface area contributed by atoms with Crippen molar-refractivity contribution in [3.63, 3.8) is 0 Å². The highest BCUT2D eigenvalue weighted by Crippen LogP contribution is 2.19. The Bertz CT molecular complexity index is 595. The Morgan fingerprint density at radius 2 is 1.77 bits per heavy atom. The van der Waals surface area contributed by atoms with Crippen LogP contribution in [0.3, 0.4) is 0 Å². The second-order valence-electron chi connectivity index (χ2n) is 5.16. The average molecular weight is 299 g/mol. The normalized spacial score (nSPS) is 13.2. The summed E-state index contributed by atoms with van der Waals surface area (Å²) < 4.78 is 5.68. The number of hydrogen-bond donors (Lipinski definition) is 2. The van der Waals surface area contributed by atoms with Crippen molar-refractivity contribution in [2.45, 2.75) is 32.5 Å². The van der Waals surface area contributed by atoms with E-state index < -0.39 is 12.0 Å². The Morgan fingerprint density at radius 1 is 1.14 bits per heavy atom. The Balaban J connectivity index is 1.97. The van der Waals surface area contributed by atoms with Gasteiger partial charge in [0.25, 0.3) is 5.91 Å². The quantitative estimate of drug-likeness (QED) is 0.857. The molecule has 0 saturated carbocycles. The van der Waals surface area contributed by atoms with E-state index in [2.05, 4.69) is 12.2 Å². The molecule has 4 heteroatoms. The van der Waals surface area contributed by atoms with Gasteiger partial charge >= 0.3 is 0 Å². The molecule has 0 fully saturated rings. The molecule has 0 saturated heterocycles. The van der Waals surface area contributed by atoms with Gasteiger partial charge in [0.15, 0.2) is 6.10 Å². The lowest BCUT2D eigenvalue weighted by molar-refractivity contribution is -0.124. The van der Waals surface area contributed by atoms with Crippen LogP contribution < -0.4 is 10.1 Å². The van der Waals surface area contributed by atoms with Gasteiger partial charge in [-0.05, 0) is 43.2 Å². The smallest absolute Gasteiger partial charge is 0.257 e. The molecule has 0 spiro atoms. The predicted molar refractivity (Wildman–Crippen MR) is 86.9 cm³/mol. The van der Waals surface area contributed by atoms with E-state index in [9.17, 15) is 9.90 Å². The van der Waals surface area contributed by atoms with Crippen LogP contribution in [0.4, 0.5) is 5.69 Å². The molecule has 0 aliphatic carbocycles. The van der Waals surface area contributed by atoms with E-state index in [1.807, 2.05) is 13.0 Å². The summed E-state index contributed by atoms with van der Waals surface area (Å²) in [6, 6.07) is 16.0. The van der Waals surface area contributed by atoms with Crippen LogP contribution in [0.15, 0.2) is 54.6 Å². The minimum absolute atomic E-state index is 0.153. The van der Waals surface area contributed by atoms with Crippen molar-refractivity contribution < 1.29 is 14.6 Å². The summed E-state index contributed by atoms with van der Waals surface area (Å²) in [7, 11) is 0. The van der Waals surface area contributed by atoms with Crippen LogP contribution in [0.2, 0.25) is 0 Å². The molecular weight excluding hydrogens is 278 g/mol. The van der Waals surface area contributed by atoms with E-state index in [-0.39, 0.29) is 6.10 Å². The molecule has 1 amide bonds. The molecule has 0 aliphatic rings. The van der Waals surface area contributed by atoms with Crippen molar-refractivity contribution in [2.24, 2.45) is 0 Å². The van der Waals surface area contributed by atoms with Gasteiger partial charge in [0.05, 0.1) is 6.10 Å². The molecule has 2 atom stereocenters. The predicted octanol–water partition coefficient (Wildman–Crippen LogP) is 3.54. The van der Waals surface area contributed by atoms with Crippen LogP contribution in [0.1, 0.15) is 31.9 Å². The summed E-state index contributed by atoms with van der Waals surface area (Å²) in [5.41, 5.74) is 1.19. The van der Waals surface area contributed by atoms with Crippen molar-refractivity contribution >= 4 is 11.6 Å². The molecule has 0 radical (unpaired) electrons. The highest BCUT2D eigenvalue weighted by molar-refractivity contribution is 5.94. The van der Waals surface area contributed by atoms with Gasteiger partial charge in [-0.2, -0.15) is 0 Å². The lowest BCUT2D eigenvalue weighted by Gasteiger charge is -2.14. The first kappa shape index (κ1) is 16.0. The largest absolute Gasteiger partial charge is 0.491 e. The van der Waals surface area contributed by atoms with E-state index in [0.717, 1.165) is 12.2 Å². The molecule has 0 heterocycles. The fraction of sp³-hybridized carbons (Fsp3) is 0.278. The lowest BCUT2D eigenvalue weighted by atomic mass is 10.1. The third-order valence-corrected chi connectivity index (χ3v) is 3.40. The number of nitrogens with one attached hydrogen (secondary N) is 1. The van der Waals surface area contributed by atoms with E-state index >= 15 is 0 Å². The van der Waals surface area contributed by atoms with Gasteiger partial charge in [-0.25, -0.2) is 0 Å². The molecule has 2 unspecified atom stereocenters. The van der Waals surface area contributed by atoms with Crippen molar-refractivity contribution in [3.05, 3.63) is 60.2 Å². The summed E-state index contributed by atoms with van der Waals surface area (Å²) in [5, 5.41) is 12.7. The van der Waals surface area contributed by atoms with Crippen molar-refractivity contribution in [2.75, 3.05) is 5.32 Å². The Hall–Kier alpha value is -2.33. The zero-order valence-corrected chi connectivity index (χ0v) is 12.8. The van der Waals surface area contributed by atoms with Gasteiger partial charge < -0.3 is 15.2 Å². The molecule has 2 rings (SSSR count). The molecule has 0 aromatic heterocycles. The Kier molecular flexibility index (Phi) is 5.55. The molecule has 4 nitrogen and oxygen atoms in total. The third-order valence-electron chi connectivity index (χ3n) is 3.40. The number of hydrogen-bond acceptors (Lipinski definition) is 3. The molecular formula is C18H21NO3. The number of carbonyl (C=O) groups excluding carboxylic acids is 1. The summed E-state index contributed by atoms with van der Waals surface area (Å²) in [5.74, 6) is 0.303. The molecule has 0 aliphatic heterocycles. The maximum Gasteiger partial charge on any atom is 0.257 e. The van der Waals surface area contributed by atoms with Crippen molar-refractivity contribution in [1.29, 1.82) is 0 Å². The SMILES string of the molecule is CCC(C)Oc1ccc(NC(=O)C(O)c2ccccc2)cc1. The molecule has 22 heavy (non-hydrogen) atoms. The van der Waals surface area contributed by atoms with Crippen molar-refractivity contribution in [1.82, 2.24) is 0 Å². The molecule has 2 aromatic rings. The fourth-order valence-corrected chi connectivity index (χ4v) is 1.93. The van der Waals surface area contributed by atoms with Crippen molar-refractivity contribution in [3.8, 4) is 5.75 Å². The summed E-state index contributed by atoms with van der Waals surface area (Å²) in [6.45, 7) is 4.07. The van der Waals surface area contributed by atoms with Crippen LogP contribution in [-0.4, -0.2) is 17.1 Å². The fourth-order valence-electron chi connectivity index (χ4n) is 1.93. The van der Waals surface area contributed by atoms with Gasteiger partial charge in [-0.1, -0.05) is 37.3 Å². The van der Waals surface area contributed by atoms with Crippen LogP contribution in [0.25, 0.3) is 0 Å². The van der Waals surface area contributed by atoms with E-state index in [0.29, 0.717) is 11.3 Å². The molecule has 2 aromatic carbocycles. The van der Waals surface area contributed by atoms with Gasteiger partial charge in [-0.3, -0.25) is 4.79 Å². The number of rotatable bonds is 6. The average Bonchev–Trinajstić information content (AvgIpc) is 2.56. The lowest BCUT2D eigenvalue weighted by Crippen LogP contribution is -2.20. The second-order valence-corrected chi connectivity index (χ2v) is 5.16. The second kappa shape index (κ2) is 7.61. The van der Waals surface area contributed by atoms with Gasteiger partial charge in [0, 0.05) is 5.69 Å². The Morgan fingerprint density at radius 3 is 2.36 bits per heavy atom. The highest BCUT2D eigenvalue weighted by atomic mass is 16.5. The first-order chi connectivity index (χ1) is 10.6. The van der Waals surface area contributed by atoms with Crippen LogP contribution in [0, 0.1) is 0 Å². The van der Waals surface area contributed by atoms with Crippen LogP contribution in [-0.2, 0) is 4.79 Å². The highest BCUT2D eigenvalue weighted by Gasteiger charge is 2.16. The van der Waals surface area contributed by atoms with Crippen LogP contribution in [0.5, 0.6) is 5.75 Å². The number of anilines is 1. The van der Waals surface area contributed by atoms with Gasteiger partial charge in [0.2, 0.25) is 0 Å². The third kappa shape index (κ3) is 4.33. The number of aliphatic hydroxyl groups is 1. The first-order valence-corrected chi connectivity index (χ1v) is 7.40. The first-order valence-electron chi connectivity index (χ1n) is 7.40. The maximum atomic E-state index is 12.0. The maximum absolute atomic E-state index is 12.0. The van der Waals surface area contributed by atoms with E-state index in [4.69, 9.17) is 4.74 Å². The minimum Gasteiger partial charge on any atom is -0.491 e. The van der Waals surface area contributed by atoms with Gasteiger partial charge in [0.1, 0.15) is 5.75 Å².